The van der Waals surface area contributed by atoms with E-state index >= 15 is 0 Å². The normalized spacial score (nSPS) is 19.3. The van der Waals surface area contributed by atoms with Gasteiger partial charge in [-0.1, -0.05) is 77.9 Å². The van der Waals surface area contributed by atoms with Gasteiger partial charge in [0.05, 0.1) is 0 Å². The smallest absolute Gasteiger partial charge is 0.0360 e. The quantitative estimate of drug-likeness (QED) is 0.153. The molecule has 3 aromatic carbocycles. The van der Waals surface area contributed by atoms with Gasteiger partial charge in [-0.3, -0.25) is 0 Å². The van der Waals surface area contributed by atoms with E-state index in [0.717, 1.165) is 0 Å². The zero-order valence-corrected chi connectivity index (χ0v) is 22.8. The molecular formula is C28H28I2. The fourth-order valence-corrected chi connectivity index (χ4v) is 6.80. The molecule has 2 heteroatoms. The Morgan fingerprint density at radius 3 is 1.23 bits per heavy atom. The van der Waals surface area contributed by atoms with E-state index in [2.05, 4.69) is 135 Å². The summed E-state index contributed by atoms with van der Waals surface area (Å²) in [5.74, 6) is 0.681. The summed E-state index contributed by atoms with van der Waals surface area (Å²) in [5, 5.41) is 0. The maximum absolute atomic E-state index is 2.56. The minimum atomic E-state index is 0.158. The first-order chi connectivity index (χ1) is 14.0. The summed E-state index contributed by atoms with van der Waals surface area (Å²) >= 11 is 5.12. The summed E-state index contributed by atoms with van der Waals surface area (Å²) < 4.78 is 2.80. The molecule has 0 amide bonds. The highest BCUT2D eigenvalue weighted by Gasteiger charge is 2.44. The molecule has 0 N–H and O–H groups in total. The monoisotopic (exact) mass is 618 g/mol. The van der Waals surface area contributed by atoms with Crippen LogP contribution < -0.4 is 0 Å². The van der Waals surface area contributed by atoms with Crippen molar-refractivity contribution in [1.82, 2.24) is 0 Å². The van der Waals surface area contributed by atoms with Crippen LogP contribution in [0.5, 0.6) is 0 Å². The maximum Gasteiger partial charge on any atom is 0.0360 e. The third-order valence-corrected chi connectivity index (χ3v) is 8.79. The molecule has 2 atom stereocenters. The highest BCUT2D eigenvalue weighted by Crippen LogP contribution is 2.58. The van der Waals surface area contributed by atoms with E-state index in [1.807, 2.05) is 0 Å². The molecule has 3 aromatic rings. The van der Waals surface area contributed by atoms with Crippen LogP contribution in [-0.2, 0) is 10.8 Å². The van der Waals surface area contributed by atoms with Crippen molar-refractivity contribution < 1.29 is 0 Å². The zero-order chi connectivity index (χ0) is 21.6. The summed E-state index contributed by atoms with van der Waals surface area (Å²) in [6, 6.07) is 19.2. The number of hydrogen-bond donors (Lipinski definition) is 0. The van der Waals surface area contributed by atoms with Gasteiger partial charge in [-0.05, 0) is 113 Å². The predicted octanol–water partition coefficient (Wildman–Crippen LogP) is 8.48. The molecule has 6 rings (SSSR count). The molecule has 0 aromatic heterocycles. The van der Waals surface area contributed by atoms with Crippen LogP contribution in [0.25, 0.3) is 0 Å². The molecule has 2 bridgehead atoms. The number of halogens is 2. The Morgan fingerprint density at radius 2 is 0.900 bits per heavy atom. The van der Waals surface area contributed by atoms with Crippen molar-refractivity contribution in [2.45, 2.75) is 64.2 Å². The van der Waals surface area contributed by atoms with E-state index < -0.39 is 0 Å². The van der Waals surface area contributed by atoms with Crippen LogP contribution in [0, 0.1) is 7.14 Å². The third-order valence-electron chi connectivity index (χ3n) is 6.91. The van der Waals surface area contributed by atoms with Crippen LogP contribution in [0.1, 0.15) is 97.9 Å². The fourth-order valence-electron chi connectivity index (χ4n) is 5.24. The van der Waals surface area contributed by atoms with Crippen molar-refractivity contribution in [3.8, 4) is 0 Å². The van der Waals surface area contributed by atoms with Gasteiger partial charge in [0.15, 0.2) is 0 Å². The summed E-state index contributed by atoms with van der Waals surface area (Å²) in [5.41, 5.74) is 12.3. The summed E-state index contributed by atoms with van der Waals surface area (Å²) in [4.78, 5) is 0. The highest BCUT2D eigenvalue weighted by atomic mass is 127. The second-order valence-electron chi connectivity index (χ2n) is 10.9. The van der Waals surface area contributed by atoms with Crippen LogP contribution in [0.4, 0.5) is 0 Å². The summed E-state index contributed by atoms with van der Waals surface area (Å²) in [7, 11) is 0. The van der Waals surface area contributed by atoms with Gasteiger partial charge in [-0.15, -0.1) is 0 Å². The van der Waals surface area contributed by atoms with Crippen LogP contribution >= 0.6 is 45.2 Å². The molecule has 0 spiro atoms. The molecular weight excluding hydrogens is 590 g/mol. The number of hydrogen-bond acceptors (Lipinski definition) is 0. The lowest BCUT2D eigenvalue weighted by molar-refractivity contribution is 0.583. The molecule has 0 aliphatic heterocycles. The van der Waals surface area contributed by atoms with E-state index in [4.69, 9.17) is 0 Å². The maximum atomic E-state index is 2.56. The fraction of sp³-hybridized carbons (Fsp3) is 0.357. The largest absolute Gasteiger partial charge is 0.0582 e. The van der Waals surface area contributed by atoms with Crippen LogP contribution in [-0.4, -0.2) is 0 Å². The van der Waals surface area contributed by atoms with Crippen LogP contribution in [0.2, 0.25) is 0 Å². The Hall–Kier alpha value is -0.880. The van der Waals surface area contributed by atoms with E-state index in [-0.39, 0.29) is 10.8 Å². The van der Waals surface area contributed by atoms with Gasteiger partial charge in [0.25, 0.3) is 0 Å². The molecule has 3 aliphatic rings. The van der Waals surface area contributed by atoms with Crippen LogP contribution in [0.15, 0.2) is 48.5 Å². The first kappa shape index (κ1) is 21.0. The minimum absolute atomic E-state index is 0.158. The molecule has 0 saturated heterocycles. The van der Waals surface area contributed by atoms with Crippen molar-refractivity contribution in [1.29, 1.82) is 0 Å². The Kier molecular flexibility index (Phi) is 4.76. The van der Waals surface area contributed by atoms with Gasteiger partial charge >= 0.3 is 0 Å². The summed E-state index contributed by atoms with van der Waals surface area (Å²) in [6.45, 7) is 13.9. The molecule has 0 fully saturated rings. The third kappa shape index (κ3) is 3.03. The van der Waals surface area contributed by atoms with Gasteiger partial charge in [-0.2, -0.15) is 0 Å². The van der Waals surface area contributed by atoms with E-state index in [9.17, 15) is 0 Å². The Morgan fingerprint density at radius 1 is 0.533 bits per heavy atom. The standard InChI is InChI=1S/C28H28I2/c1-27(2,3)15-7-9-17-19(13-15)23-18-10-8-16(28(4,5)6)14-20(18)24(17)26-22(30)12-11-21(29)25(23)26/h7-14,23-24H,1-6H3. The topological polar surface area (TPSA) is 0 Å². The zero-order valence-electron chi connectivity index (χ0n) is 18.5. The second kappa shape index (κ2) is 6.81. The first-order valence-electron chi connectivity index (χ1n) is 10.7. The minimum Gasteiger partial charge on any atom is -0.0582 e. The van der Waals surface area contributed by atoms with E-state index in [0.29, 0.717) is 11.8 Å². The average Bonchev–Trinajstić information content (AvgIpc) is 2.68. The Balaban J connectivity index is 1.84. The van der Waals surface area contributed by atoms with Gasteiger partial charge < -0.3 is 0 Å². The van der Waals surface area contributed by atoms with E-state index in [1.54, 1.807) is 11.1 Å². The van der Waals surface area contributed by atoms with Gasteiger partial charge in [0.1, 0.15) is 0 Å². The van der Waals surface area contributed by atoms with Crippen molar-refractivity contribution in [2.75, 3.05) is 0 Å². The molecule has 30 heavy (non-hydrogen) atoms. The average molecular weight is 618 g/mol. The molecule has 0 radical (unpaired) electrons. The Bertz CT molecular complexity index is 1090. The summed E-state index contributed by atoms with van der Waals surface area (Å²) in [6.07, 6.45) is 0. The lowest BCUT2D eigenvalue weighted by atomic mass is 9.60. The molecule has 3 aliphatic carbocycles. The lowest BCUT2D eigenvalue weighted by Crippen LogP contribution is -2.30. The molecule has 0 saturated carbocycles. The van der Waals surface area contributed by atoms with Crippen molar-refractivity contribution in [3.05, 3.63) is 100 Å². The molecule has 154 valence electrons. The second-order valence-corrected chi connectivity index (χ2v) is 13.2. The SMILES string of the molecule is CC(C)(C)c1ccc2c(c1)C1c3ccc(C(C)(C)C)cc3C2c2c(I)ccc(I)c21. The predicted molar refractivity (Wildman–Crippen MR) is 144 cm³/mol. The van der Waals surface area contributed by atoms with Crippen molar-refractivity contribution in [3.63, 3.8) is 0 Å². The van der Waals surface area contributed by atoms with E-state index in [1.165, 1.54) is 40.5 Å². The molecule has 0 heterocycles. The first-order valence-corrected chi connectivity index (χ1v) is 12.9. The highest BCUT2D eigenvalue weighted by molar-refractivity contribution is 14.1. The van der Waals surface area contributed by atoms with Crippen molar-refractivity contribution in [2.24, 2.45) is 0 Å². The van der Waals surface area contributed by atoms with Gasteiger partial charge in [-0.25, -0.2) is 0 Å². The Labute approximate surface area is 208 Å². The molecule has 0 nitrogen and oxygen atoms in total. The molecule has 2 unspecified atom stereocenters. The number of benzene rings is 3. The number of rotatable bonds is 0. The van der Waals surface area contributed by atoms with Gasteiger partial charge in [0.2, 0.25) is 0 Å². The van der Waals surface area contributed by atoms with Crippen LogP contribution in [0.3, 0.4) is 0 Å². The van der Waals surface area contributed by atoms with Crippen molar-refractivity contribution >= 4 is 45.2 Å². The van der Waals surface area contributed by atoms with Gasteiger partial charge in [0, 0.05) is 19.0 Å². The lowest BCUT2D eigenvalue weighted by Gasteiger charge is -2.44.